The summed E-state index contributed by atoms with van der Waals surface area (Å²) in [5, 5.41) is 2.70. The van der Waals surface area contributed by atoms with Gasteiger partial charge in [-0.2, -0.15) is 0 Å². The van der Waals surface area contributed by atoms with Crippen LogP contribution in [0.4, 0.5) is 10.5 Å². The van der Waals surface area contributed by atoms with E-state index in [2.05, 4.69) is 19.2 Å². The minimum absolute atomic E-state index is 0.0808. The average Bonchev–Trinajstić information content (AvgIpc) is 2.27. The predicted molar refractivity (Wildman–Crippen MR) is 73.4 cm³/mol. The third-order valence-electron chi connectivity index (χ3n) is 2.52. The van der Waals surface area contributed by atoms with E-state index in [1.54, 1.807) is 0 Å². The quantitative estimate of drug-likeness (QED) is 0.843. The Bertz CT molecular complexity index is 391. The van der Waals surface area contributed by atoms with Crippen molar-refractivity contribution in [3.63, 3.8) is 0 Å². The van der Waals surface area contributed by atoms with Gasteiger partial charge in [0, 0.05) is 12.2 Å². The molecule has 0 bridgehead atoms. The van der Waals surface area contributed by atoms with Gasteiger partial charge in [0.2, 0.25) is 0 Å². The molecular weight excluding hydrogens is 228 g/mol. The van der Waals surface area contributed by atoms with Crippen LogP contribution in [0.1, 0.15) is 32.8 Å². The van der Waals surface area contributed by atoms with E-state index in [-0.39, 0.29) is 6.10 Å². The van der Waals surface area contributed by atoms with E-state index in [0.29, 0.717) is 18.2 Å². The largest absolute Gasteiger partial charge is 0.446 e. The van der Waals surface area contributed by atoms with Gasteiger partial charge in [-0.1, -0.05) is 26.0 Å². The fourth-order valence-electron chi connectivity index (χ4n) is 1.82. The lowest BCUT2D eigenvalue weighted by molar-refractivity contribution is 0.108. The van der Waals surface area contributed by atoms with Crippen LogP contribution < -0.4 is 11.1 Å². The number of benzene rings is 1. The molecule has 0 fully saturated rings. The Hall–Kier alpha value is -1.55. The first-order valence-corrected chi connectivity index (χ1v) is 6.28. The van der Waals surface area contributed by atoms with Gasteiger partial charge in [-0.25, -0.2) is 4.79 Å². The maximum atomic E-state index is 11.6. The molecule has 3 N–H and O–H groups in total. The Morgan fingerprint density at radius 2 is 2.11 bits per heavy atom. The summed E-state index contributed by atoms with van der Waals surface area (Å²) in [5.41, 5.74) is 7.22. The molecule has 18 heavy (non-hydrogen) atoms. The molecule has 0 spiro atoms. The van der Waals surface area contributed by atoms with Crippen molar-refractivity contribution in [1.82, 2.24) is 0 Å². The van der Waals surface area contributed by atoms with E-state index >= 15 is 0 Å². The van der Waals surface area contributed by atoms with Crippen LogP contribution in [0.3, 0.4) is 0 Å². The highest BCUT2D eigenvalue weighted by Gasteiger charge is 2.11. The molecule has 4 heteroatoms. The van der Waals surface area contributed by atoms with Crippen LogP contribution in [0.2, 0.25) is 0 Å². The normalized spacial score (nSPS) is 12.3. The van der Waals surface area contributed by atoms with Crippen molar-refractivity contribution in [2.75, 3.05) is 5.32 Å². The fraction of sp³-hybridized carbons (Fsp3) is 0.500. The van der Waals surface area contributed by atoms with Crippen molar-refractivity contribution in [3.8, 4) is 0 Å². The van der Waals surface area contributed by atoms with E-state index < -0.39 is 6.09 Å². The molecule has 0 aliphatic rings. The van der Waals surface area contributed by atoms with Gasteiger partial charge in [-0.05, 0) is 37.0 Å². The first-order chi connectivity index (χ1) is 8.51. The van der Waals surface area contributed by atoms with Crippen molar-refractivity contribution in [2.45, 2.75) is 39.8 Å². The predicted octanol–water partition coefficient (Wildman–Crippen LogP) is 3.13. The molecule has 1 rings (SSSR count). The molecule has 0 aromatic heterocycles. The Kier molecular flexibility index (Phi) is 5.65. The van der Waals surface area contributed by atoms with E-state index in [1.165, 1.54) is 0 Å². The lowest BCUT2D eigenvalue weighted by atomic mass is 10.1. The summed E-state index contributed by atoms with van der Waals surface area (Å²) >= 11 is 0. The Morgan fingerprint density at radius 3 is 2.72 bits per heavy atom. The minimum atomic E-state index is -0.419. The summed E-state index contributed by atoms with van der Waals surface area (Å²) < 4.78 is 5.26. The number of amides is 1. The van der Waals surface area contributed by atoms with Crippen molar-refractivity contribution < 1.29 is 9.53 Å². The van der Waals surface area contributed by atoms with Crippen LogP contribution in [-0.2, 0) is 11.3 Å². The first-order valence-electron chi connectivity index (χ1n) is 6.28. The summed E-state index contributed by atoms with van der Waals surface area (Å²) in [7, 11) is 0. The van der Waals surface area contributed by atoms with Crippen molar-refractivity contribution >= 4 is 11.8 Å². The fourth-order valence-corrected chi connectivity index (χ4v) is 1.82. The summed E-state index contributed by atoms with van der Waals surface area (Å²) in [4.78, 5) is 11.6. The number of ether oxygens (including phenoxy) is 1. The Morgan fingerprint density at radius 1 is 1.39 bits per heavy atom. The molecule has 0 saturated heterocycles. The van der Waals surface area contributed by atoms with Gasteiger partial charge in [0.05, 0.1) is 0 Å². The van der Waals surface area contributed by atoms with Crippen LogP contribution in [0.25, 0.3) is 0 Å². The van der Waals surface area contributed by atoms with Gasteiger partial charge in [0.15, 0.2) is 0 Å². The highest BCUT2D eigenvalue weighted by molar-refractivity contribution is 5.84. The molecule has 1 aromatic rings. The minimum Gasteiger partial charge on any atom is -0.446 e. The zero-order chi connectivity index (χ0) is 13.5. The number of hydrogen-bond donors (Lipinski definition) is 2. The van der Waals surface area contributed by atoms with E-state index in [4.69, 9.17) is 10.5 Å². The van der Waals surface area contributed by atoms with E-state index in [1.807, 2.05) is 31.2 Å². The molecule has 1 amide bonds. The average molecular weight is 250 g/mol. The summed E-state index contributed by atoms with van der Waals surface area (Å²) in [6.45, 7) is 6.55. The van der Waals surface area contributed by atoms with Gasteiger partial charge in [0.1, 0.15) is 6.10 Å². The zero-order valence-corrected chi connectivity index (χ0v) is 11.3. The zero-order valence-electron chi connectivity index (χ0n) is 11.3. The maximum absolute atomic E-state index is 11.6. The second-order valence-electron chi connectivity index (χ2n) is 4.87. The molecule has 0 aliphatic carbocycles. The lowest BCUT2D eigenvalue weighted by Gasteiger charge is -2.15. The molecule has 4 nitrogen and oxygen atoms in total. The summed E-state index contributed by atoms with van der Waals surface area (Å²) in [5.74, 6) is 0.508. The lowest BCUT2D eigenvalue weighted by Crippen LogP contribution is -2.21. The van der Waals surface area contributed by atoms with Crippen molar-refractivity contribution in [1.29, 1.82) is 0 Å². The number of rotatable bonds is 5. The van der Waals surface area contributed by atoms with Gasteiger partial charge in [0.25, 0.3) is 0 Å². The number of carbonyl (C=O) groups is 1. The van der Waals surface area contributed by atoms with Gasteiger partial charge < -0.3 is 10.5 Å². The first kappa shape index (κ1) is 14.5. The maximum Gasteiger partial charge on any atom is 0.411 e. The number of nitrogens with two attached hydrogens (primary N) is 1. The highest BCUT2D eigenvalue weighted by Crippen LogP contribution is 2.12. The SMILES string of the molecule is CC(C)CC(C)OC(=O)Nc1cccc(CN)c1. The van der Waals surface area contributed by atoms with E-state index in [9.17, 15) is 4.79 Å². The summed E-state index contributed by atoms with van der Waals surface area (Å²) in [6, 6.07) is 7.43. The number of anilines is 1. The molecule has 0 saturated carbocycles. The number of carbonyl (C=O) groups excluding carboxylic acids is 1. The topological polar surface area (TPSA) is 64.3 Å². The van der Waals surface area contributed by atoms with Gasteiger partial charge >= 0.3 is 6.09 Å². The number of nitrogens with one attached hydrogen (secondary N) is 1. The van der Waals surface area contributed by atoms with Gasteiger partial charge in [-0.3, -0.25) is 5.32 Å². The van der Waals surface area contributed by atoms with Crippen LogP contribution in [0.15, 0.2) is 24.3 Å². The smallest absolute Gasteiger partial charge is 0.411 e. The van der Waals surface area contributed by atoms with E-state index in [0.717, 1.165) is 12.0 Å². The third-order valence-corrected chi connectivity index (χ3v) is 2.52. The Labute approximate surface area is 109 Å². The third kappa shape index (κ3) is 5.19. The molecule has 0 aliphatic heterocycles. The molecule has 0 heterocycles. The second-order valence-corrected chi connectivity index (χ2v) is 4.87. The molecule has 1 aromatic carbocycles. The number of hydrogen-bond acceptors (Lipinski definition) is 3. The van der Waals surface area contributed by atoms with Crippen molar-refractivity contribution in [3.05, 3.63) is 29.8 Å². The molecule has 1 atom stereocenters. The Balaban J connectivity index is 2.48. The van der Waals surface area contributed by atoms with Crippen molar-refractivity contribution in [2.24, 2.45) is 11.7 Å². The second kappa shape index (κ2) is 7.01. The van der Waals surface area contributed by atoms with Crippen LogP contribution in [-0.4, -0.2) is 12.2 Å². The molecule has 100 valence electrons. The van der Waals surface area contributed by atoms with Crippen LogP contribution >= 0.6 is 0 Å². The molecular formula is C14H22N2O2. The molecule has 0 radical (unpaired) electrons. The van der Waals surface area contributed by atoms with Gasteiger partial charge in [-0.15, -0.1) is 0 Å². The molecule has 1 unspecified atom stereocenters. The summed E-state index contributed by atoms with van der Waals surface area (Å²) in [6.07, 6.45) is 0.357. The standard InChI is InChI=1S/C14H22N2O2/c1-10(2)7-11(3)18-14(17)16-13-6-4-5-12(8-13)9-15/h4-6,8,10-11H,7,9,15H2,1-3H3,(H,16,17). The van der Waals surface area contributed by atoms with Crippen LogP contribution in [0, 0.1) is 5.92 Å². The highest BCUT2D eigenvalue weighted by atomic mass is 16.6. The van der Waals surface area contributed by atoms with Crippen LogP contribution in [0.5, 0.6) is 0 Å². The monoisotopic (exact) mass is 250 g/mol.